The second-order valence-corrected chi connectivity index (χ2v) is 7.41. The fourth-order valence-corrected chi connectivity index (χ4v) is 4.16. The summed E-state index contributed by atoms with van der Waals surface area (Å²) in [6.07, 6.45) is -4.41. The van der Waals surface area contributed by atoms with Crippen LogP contribution in [0.3, 0.4) is 0 Å². The van der Waals surface area contributed by atoms with E-state index in [1.54, 1.807) is 24.3 Å². The van der Waals surface area contributed by atoms with E-state index in [1.807, 2.05) is 0 Å². The van der Waals surface area contributed by atoms with E-state index in [1.165, 1.54) is 30.0 Å². The molecule has 2 aromatic carbocycles. The molecule has 1 fully saturated rings. The Morgan fingerprint density at radius 3 is 2.39 bits per heavy atom. The predicted octanol–water partition coefficient (Wildman–Crippen LogP) is 5.32. The van der Waals surface area contributed by atoms with E-state index < -0.39 is 23.8 Å². The first kappa shape index (κ1) is 20.6. The molecule has 0 amide bonds. The number of carbonyl (C=O) groups is 1. The van der Waals surface area contributed by atoms with Crippen LogP contribution in [-0.2, 0) is 9.63 Å². The number of nitrogens with zero attached hydrogens (tertiary/aromatic N) is 1. The Bertz CT molecular complexity index is 850. The maximum absolute atomic E-state index is 14.5. The molecule has 0 bridgehead atoms. The fourth-order valence-electron chi connectivity index (χ4n) is 3.06. The highest BCUT2D eigenvalue weighted by Gasteiger charge is 2.43. The highest BCUT2D eigenvalue weighted by atomic mass is 32.2. The van der Waals surface area contributed by atoms with Crippen LogP contribution in [-0.4, -0.2) is 30.3 Å². The Kier molecular flexibility index (Phi) is 6.24. The number of rotatable bonds is 4. The minimum atomic E-state index is -5.06. The first-order valence-corrected chi connectivity index (χ1v) is 9.31. The summed E-state index contributed by atoms with van der Waals surface area (Å²) in [4.78, 5) is 16.5. The molecular weight excluding hydrogens is 401 g/mol. The first-order valence-electron chi connectivity index (χ1n) is 8.50. The van der Waals surface area contributed by atoms with Crippen molar-refractivity contribution in [3.8, 4) is 0 Å². The second kappa shape index (κ2) is 8.48. The van der Waals surface area contributed by atoms with Crippen molar-refractivity contribution >= 4 is 17.7 Å². The van der Waals surface area contributed by atoms with Crippen LogP contribution in [0.25, 0.3) is 0 Å². The minimum absolute atomic E-state index is 0.0604. The summed E-state index contributed by atoms with van der Waals surface area (Å²) in [5.41, 5.74) is 0.443. The fraction of sp³-hybridized carbons (Fsp3) is 0.316. The summed E-state index contributed by atoms with van der Waals surface area (Å²) in [5.74, 6) is -3.34. The van der Waals surface area contributed by atoms with E-state index in [4.69, 9.17) is 0 Å². The average molecular weight is 417 g/mol. The molecule has 0 unspecified atom stereocenters. The number of hydrogen-bond acceptors (Lipinski definition) is 4. The molecule has 0 saturated carbocycles. The Morgan fingerprint density at radius 1 is 1.07 bits per heavy atom. The van der Waals surface area contributed by atoms with Crippen LogP contribution < -0.4 is 0 Å². The average Bonchev–Trinajstić information content (AvgIpc) is 2.62. The zero-order valence-electron chi connectivity index (χ0n) is 14.5. The topological polar surface area (TPSA) is 29.5 Å². The van der Waals surface area contributed by atoms with Gasteiger partial charge in [0.05, 0.1) is 0 Å². The smallest absolute Gasteiger partial charge is 0.361 e. The molecule has 0 aromatic heterocycles. The Balaban J connectivity index is 1.72. The van der Waals surface area contributed by atoms with Gasteiger partial charge in [-0.15, -0.1) is 5.06 Å². The highest BCUT2D eigenvalue weighted by molar-refractivity contribution is 7.99. The van der Waals surface area contributed by atoms with Gasteiger partial charge >= 0.3 is 12.1 Å². The zero-order chi connectivity index (χ0) is 20.3. The molecule has 0 N–H and O–H groups in total. The molecule has 9 heteroatoms. The lowest BCUT2D eigenvalue weighted by atomic mass is 9.89. The van der Waals surface area contributed by atoms with Crippen molar-refractivity contribution in [1.29, 1.82) is 0 Å². The molecule has 0 spiro atoms. The van der Waals surface area contributed by atoms with Crippen LogP contribution in [0.15, 0.2) is 52.3 Å². The van der Waals surface area contributed by atoms with E-state index in [-0.39, 0.29) is 19.0 Å². The highest BCUT2D eigenvalue weighted by Crippen LogP contribution is 2.39. The quantitative estimate of drug-likeness (QED) is 0.630. The van der Waals surface area contributed by atoms with Gasteiger partial charge in [-0.25, -0.2) is 13.6 Å². The van der Waals surface area contributed by atoms with E-state index >= 15 is 0 Å². The largest absolute Gasteiger partial charge is 0.492 e. The maximum Gasteiger partial charge on any atom is 0.492 e. The van der Waals surface area contributed by atoms with Crippen molar-refractivity contribution in [2.75, 3.05) is 13.1 Å². The van der Waals surface area contributed by atoms with Crippen molar-refractivity contribution in [2.45, 2.75) is 34.7 Å². The van der Waals surface area contributed by atoms with Gasteiger partial charge in [0.2, 0.25) is 0 Å². The predicted molar refractivity (Wildman–Crippen MR) is 92.6 cm³/mol. The van der Waals surface area contributed by atoms with Gasteiger partial charge in [0, 0.05) is 28.4 Å². The van der Waals surface area contributed by atoms with Gasteiger partial charge in [0.1, 0.15) is 11.6 Å². The first-order chi connectivity index (χ1) is 13.2. The Morgan fingerprint density at radius 2 is 1.75 bits per heavy atom. The van der Waals surface area contributed by atoms with Gasteiger partial charge in [0.15, 0.2) is 0 Å². The van der Waals surface area contributed by atoms with E-state index in [9.17, 15) is 26.7 Å². The van der Waals surface area contributed by atoms with Crippen LogP contribution in [0.1, 0.15) is 24.3 Å². The number of alkyl halides is 3. The van der Waals surface area contributed by atoms with Crippen molar-refractivity contribution in [1.82, 2.24) is 5.06 Å². The van der Waals surface area contributed by atoms with E-state index in [0.717, 1.165) is 5.06 Å². The number of hydrogen-bond donors (Lipinski definition) is 0. The van der Waals surface area contributed by atoms with Gasteiger partial charge in [-0.1, -0.05) is 23.9 Å². The maximum atomic E-state index is 14.5. The third-order valence-electron chi connectivity index (χ3n) is 4.34. The van der Waals surface area contributed by atoms with Gasteiger partial charge in [0.25, 0.3) is 0 Å². The Hall–Kier alpha value is -2.13. The van der Waals surface area contributed by atoms with Crippen LogP contribution in [0.5, 0.6) is 0 Å². The molecule has 2 aromatic rings. The molecule has 0 atom stereocenters. The molecule has 28 heavy (non-hydrogen) atoms. The van der Waals surface area contributed by atoms with Crippen LogP contribution >= 0.6 is 11.8 Å². The summed E-state index contributed by atoms with van der Waals surface area (Å²) in [6, 6.07) is 10.5. The summed E-state index contributed by atoms with van der Waals surface area (Å²) >= 11 is 1.22. The third-order valence-corrected chi connectivity index (χ3v) is 5.41. The summed E-state index contributed by atoms with van der Waals surface area (Å²) in [7, 11) is 0. The molecule has 150 valence electrons. The lowest BCUT2D eigenvalue weighted by molar-refractivity contribution is -0.241. The summed E-state index contributed by atoms with van der Waals surface area (Å²) in [6.45, 7) is 0.121. The van der Waals surface area contributed by atoms with Gasteiger partial charge < -0.3 is 4.84 Å². The number of halogens is 5. The lowest BCUT2D eigenvalue weighted by Crippen LogP contribution is -2.39. The molecule has 0 aliphatic carbocycles. The van der Waals surface area contributed by atoms with Crippen molar-refractivity contribution in [3.63, 3.8) is 0 Å². The number of piperidine rings is 1. The molecule has 1 aliphatic heterocycles. The Labute approximate surface area is 162 Å². The van der Waals surface area contributed by atoms with Crippen LogP contribution in [0.2, 0.25) is 0 Å². The zero-order valence-corrected chi connectivity index (χ0v) is 15.3. The second-order valence-electron chi connectivity index (χ2n) is 6.29. The molecule has 0 radical (unpaired) electrons. The minimum Gasteiger partial charge on any atom is -0.361 e. The SMILES string of the molecule is O=C(ON1CCC(c2c(F)cccc2Sc2cccc(F)c2)CC1)C(F)(F)F. The summed E-state index contributed by atoms with van der Waals surface area (Å²) < 4.78 is 64.9. The standard InChI is InChI=1S/C19H16F5NO2S/c20-13-3-1-4-14(11-13)28-16-6-2-5-15(21)17(16)12-7-9-25(10-8-12)27-18(26)19(22,23)24/h1-6,11-12H,7-10H2. The molecule has 1 aliphatic rings. The lowest BCUT2D eigenvalue weighted by Gasteiger charge is -2.31. The molecule has 3 rings (SSSR count). The number of benzene rings is 2. The normalized spacial score (nSPS) is 16.2. The van der Waals surface area contributed by atoms with Gasteiger partial charge in [-0.2, -0.15) is 13.2 Å². The van der Waals surface area contributed by atoms with E-state index in [2.05, 4.69) is 4.84 Å². The molecule has 1 saturated heterocycles. The van der Waals surface area contributed by atoms with Gasteiger partial charge in [-0.05, 0) is 49.1 Å². The third kappa shape index (κ3) is 5.02. The molecule has 3 nitrogen and oxygen atoms in total. The molecule has 1 heterocycles. The van der Waals surface area contributed by atoms with Crippen LogP contribution in [0, 0.1) is 11.6 Å². The van der Waals surface area contributed by atoms with Gasteiger partial charge in [-0.3, -0.25) is 0 Å². The van der Waals surface area contributed by atoms with Crippen LogP contribution in [0.4, 0.5) is 22.0 Å². The molecular formula is C19H16F5NO2S. The monoisotopic (exact) mass is 417 g/mol. The van der Waals surface area contributed by atoms with E-state index in [0.29, 0.717) is 28.2 Å². The van der Waals surface area contributed by atoms with Crippen molar-refractivity contribution < 1.29 is 31.6 Å². The summed E-state index contributed by atoms with van der Waals surface area (Å²) in [5, 5.41) is 0.951. The van der Waals surface area contributed by atoms with Crippen molar-refractivity contribution in [2.24, 2.45) is 0 Å². The number of hydroxylamine groups is 2. The van der Waals surface area contributed by atoms with Crippen molar-refractivity contribution in [3.05, 3.63) is 59.7 Å². The number of carbonyl (C=O) groups excluding carboxylic acids is 1.